The molecule has 1 aromatic heterocycles. The first-order valence-corrected chi connectivity index (χ1v) is 10.2. The van der Waals surface area contributed by atoms with E-state index >= 15 is 0 Å². The number of amides is 1. The maximum absolute atomic E-state index is 13.3. The lowest BCUT2D eigenvalue weighted by Crippen LogP contribution is -2.39. The second kappa shape index (κ2) is 7.65. The molecule has 146 valence electrons. The smallest absolute Gasteiger partial charge is 0.340 e. The Hall–Kier alpha value is -2.46. The Kier molecular flexibility index (Phi) is 5.47. The number of hydrogen-bond donors (Lipinski definition) is 1. The first-order chi connectivity index (χ1) is 12.9. The fourth-order valence-electron chi connectivity index (χ4n) is 3.13. The molecule has 0 unspecified atom stereocenters. The van der Waals surface area contributed by atoms with Crippen LogP contribution in [0.3, 0.4) is 0 Å². The van der Waals surface area contributed by atoms with Gasteiger partial charge in [0, 0.05) is 20.0 Å². The summed E-state index contributed by atoms with van der Waals surface area (Å²) >= 11 is 0. The zero-order chi connectivity index (χ0) is 19.6. The predicted octanol–water partition coefficient (Wildman–Crippen LogP) is 1.75. The van der Waals surface area contributed by atoms with Crippen molar-refractivity contribution < 1.29 is 22.7 Å². The summed E-state index contributed by atoms with van der Waals surface area (Å²) in [6, 6.07) is 4.64. The first-order valence-electron chi connectivity index (χ1n) is 8.83. The highest BCUT2D eigenvalue weighted by Gasteiger charge is 2.31. The number of carbonyl (C=O) groups is 2. The molecule has 0 atom stereocenters. The number of fused-ring (bicyclic) bond motifs is 1. The summed E-state index contributed by atoms with van der Waals surface area (Å²) < 4.78 is 33.9. The molecule has 1 aliphatic heterocycles. The number of ether oxygens (including phenoxy) is 1. The van der Waals surface area contributed by atoms with Crippen LogP contribution in [0, 0.1) is 0 Å². The SMILES string of the molecule is CCOC(=O)c1cccc2c1nc(NC(C)=O)n2S(=O)(=O)N1CCCCC1. The van der Waals surface area contributed by atoms with Crippen molar-refractivity contribution >= 4 is 39.1 Å². The summed E-state index contributed by atoms with van der Waals surface area (Å²) in [5, 5.41) is 2.46. The minimum Gasteiger partial charge on any atom is -0.462 e. The number of para-hydroxylation sites is 1. The number of nitrogens with zero attached hydrogens (tertiary/aromatic N) is 3. The fraction of sp³-hybridized carbons (Fsp3) is 0.471. The molecule has 2 aromatic rings. The normalized spacial score (nSPS) is 15.6. The molecule has 1 aromatic carbocycles. The molecule has 0 saturated carbocycles. The average Bonchev–Trinajstić information content (AvgIpc) is 3.00. The van der Waals surface area contributed by atoms with Crippen molar-refractivity contribution in [2.75, 3.05) is 25.0 Å². The third kappa shape index (κ3) is 3.67. The van der Waals surface area contributed by atoms with Crippen LogP contribution in [0.25, 0.3) is 11.0 Å². The van der Waals surface area contributed by atoms with E-state index in [1.807, 2.05) is 0 Å². The molecule has 3 rings (SSSR count). The van der Waals surface area contributed by atoms with Crippen LogP contribution in [-0.4, -0.2) is 53.3 Å². The molecule has 0 radical (unpaired) electrons. The van der Waals surface area contributed by atoms with Gasteiger partial charge in [-0.15, -0.1) is 0 Å². The van der Waals surface area contributed by atoms with Crippen molar-refractivity contribution in [3.8, 4) is 0 Å². The molecule has 2 heterocycles. The van der Waals surface area contributed by atoms with Crippen molar-refractivity contribution in [2.45, 2.75) is 33.1 Å². The Morgan fingerprint density at radius 3 is 2.56 bits per heavy atom. The molecule has 9 nitrogen and oxygen atoms in total. The van der Waals surface area contributed by atoms with Gasteiger partial charge in [-0.05, 0) is 31.9 Å². The van der Waals surface area contributed by atoms with E-state index in [1.54, 1.807) is 19.1 Å². The van der Waals surface area contributed by atoms with Gasteiger partial charge in [-0.2, -0.15) is 16.7 Å². The highest BCUT2D eigenvalue weighted by molar-refractivity contribution is 7.87. The fourth-order valence-corrected chi connectivity index (χ4v) is 4.78. The number of rotatable bonds is 5. The molecule has 27 heavy (non-hydrogen) atoms. The van der Waals surface area contributed by atoms with Gasteiger partial charge in [-0.25, -0.2) is 9.78 Å². The molecule has 1 amide bonds. The van der Waals surface area contributed by atoms with Crippen molar-refractivity contribution in [3.05, 3.63) is 23.8 Å². The van der Waals surface area contributed by atoms with E-state index in [4.69, 9.17) is 4.74 Å². The van der Waals surface area contributed by atoms with Crippen molar-refractivity contribution in [1.29, 1.82) is 0 Å². The van der Waals surface area contributed by atoms with Crippen LogP contribution in [0.1, 0.15) is 43.5 Å². The molecule has 10 heteroatoms. The van der Waals surface area contributed by atoms with Gasteiger partial charge in [0.05, 0.1) is 17.7 Å². The Balaban J connectivity index is 2.21. The molecule has 1 aliphatic rings. The van der Waals surface area contributed by atoms with Gasteiger partial charge in [-0.3, -0.25) is 10.1 Å². The van der Waals surface area contributed by atoms with Gasteiger partial charge < -0.3 is 4.74 Å². The minimum absolute atomic E-state index is 0.139. The molecule has 0 bridgehead atoms. The zero-order valence-electron chi connectivity index (χ0n) is 15.3. The number of anilines is 1. The van der Waals surface area contributed by atoms with Crippen LogP contribution in [0.2, 0.25) is 0 Å². The molecule has 0 spiro atoms. The third-order valence-corrected chi connectivity index (χ3v) is 6.15. The zero-order valence-corrected chi connectivity index (χ0v) is 16.1. The summed E-state index contributed by atoms with van der Waals surface area (Å²) in [5.41, 5.74) is 0.531. The highest BCUT2D eigenvalue weighted by Crippen LogP contribution is 2.28. The number of aromatic nitrogens is 2. The molecule has 0 aliphatic carbocycles. The average molecular weight is 394 g/mol. The second-order valence-corrected chi connectivity index (χ2v) is 8.02. The summed E-state index contributed by atoms with van der Waals surface area (Å²) in [6.07, 6.45) is 2.52. The van der Waals surface area contributed by atoms with Gasteiger partial charge in [0.1, 0.15) is 5.52 Å². The van der Waals surface area contributed by atoms with Crippen LogP contribution < -0.4 is 5.32 Å². The van der Waals surface area contributed by atoms with Gasteiger partial charge in [0.25, 0.3) is 0 Å². The van der Waals surface area contributed by atoms with E-state index in [-0.39, 0.29) is 29.2 Å². The van der Waals surface area contributed by atoms with E-state index in [0.717, 1.165) is 23.2 Å². The lowest BCUT2D eigenvalue weighted by atomic mass is 10.2. The van der Waals surface area contributed by atoms with E-state index < -0.39 is 22.1 Å². The number of hydrogen-bond acceptors (Lipinski definition) is 6. The Morgan fingerprint density at radius 2 is 1.93 bits per heavy atom. The topological polar surface area (TPSA) is 111 Å². The highest BCUT2D eigenvalue weighted by atomic mass is 32.2. The largest absolute Gasteiger partial charge is 0.462 e. The lowest BCUT2D eigenvalue weighted by Gasteiger charge is -2.26. The van der Waals surface area contributed by atoms with E-state index in [2.05, 4.69) is 10.3 Å². The minimum atomic E-state index is -3.96. The quantitative estimate of drug-likeness (QED) is 0.774. The molecule has 1 N–H and O–H groups in total. The predicted molar refractivity (Wildman–Crippen MR) is 99.7 cm³/mol. The standard InChI is InChI=1S/C17H22N4O5S/c1-3-26-16(23)13-8-7-9-14-15(13)19-17(18-12(2)22)21(14)27(24,25)20-10-5-4-6-11-20/h7-9H,3-6,10-11H2,1-2H3,(H,18,19,22). The molecular formula is C17H22N4O5S. The number of carbonyl (C=O) groups excluding carboxylic acids is 2. The van der Waals surface area contributed by atoms with Crippen molar-refractivity contribution in [1.82, 2.24) is 13.3 Å². The van der Waals surface area contributed by atoms with E-state index in [0.29, 0.717) is 13.1 Å². The second-order valence-electron chi connectivity index (χ2n) is 6.24. The van der Waals surface area contributed by atoms with Gasteiger partial charge in [-0.1, -0.05) is 12.5 Å². The number of piperidine rings is 1. The van der Waals surface area contributed by atoms with Gasteiger partial charge in [0.2, 0.25) is 11.9 Å². The van der Waals surface area contributed by atoms with Crippen LogP contribution >= 0.6 is 0 Å². The van der Waals surface area contributed by atoms with Crippen LogP contribution in [0.5, 0.6) is 0 Å². The molecule has 1 saturated heterocycles. The summed E-state index contributed by atoms with van der Waals surface area (Å²) in [4.78, 5) is 28.1. The van der Waals surface area contributed by atoms with Gasteiger partial charge in [0.15, 0.2) is 0 Å². The first kappa shape index (κ1) is 19.3. The van der Waals surface area contributed by atoms with Crippen molar-refractivity contribution in [3.63, 3.8) is 0 Å². The summed E-state index contributed by atoms with van der Waals surface area (Å²) in [5.74, 6) is -1.20. The van der Waals surface area contributed by atoms with Crippen LogP contribution in [0.4, 0.5) is 5.95 Å². The van der Waals surface area contributed by atoms with E-state index in [9.17, 15) is 18.0 Å². The number of esters is 1. The lowest BCUT2D eigenvalue weighted by molar-refractivity contribution is -0.114. The van der Waals surface area contributed by atoms with Crippen LogP contribution in [0.15, 0.2) is 18.2 Å². The summed E-state index contributed by atoms with van der Waals surface area (Å²) in [6.45, 7) is 3.93. The molecular weight excluding hydrogens is 372 g/mol. The Bertz CT molecular complexity index is 977. The van der Waals surface area contributed by atoms with E-state index in [1.165, 1.54) is 17.3 Å². The number of nitrogens with one attached hydrogen (secondary N) is 1. The maximum Gasteiger partial charge on any atom is 0.340 e. The number of benzene rings is 1. The van der Waals surface area contributed by atoms with Crippen LogP contribution in [-0.2, 0) is 19.7 Å². The van der Waals surface area contributed by atoms with Gasteiger partial charge >= 0.3 is 16.2 Å². The molecule has 1 fully saturated rings. The third-order valence-electron chi connectivity index (χ3n) is 4.30. The monoisotopic (exact) mass is 394 g/mol. The maximum atomic E-state index is 13.3. The number of imidazole rings is 1. The van der Waals surface area contributed by atoms with Crippen molar-refractivity contribution in [2.24, 2.45) is 0 Å². The Labute approximate surface area is 157 Å². The Morgan fingerprint density at radius 1 is 1.22 bits per heavy atom. The summed E-state index contributed by atoms with van der Waals surface area (Å²) in [7, 11) is -3.96.